The van der Waals surface area contributed by atoms with Crippen molar-refractivity contribution in [1.82, 2.24) is 14.9 Å². The predicted molar refractivity (Wildman–Crippen MR) is 97.9 cm³/mol. The van der Waals surface area contributed by atoms with E-state index < -0.39 is 6.04 Å². The highest BCUT2D eigenvalue weighted by atomic mass is 16.2. The SMILES string of the molecule is CC(=O)N1c2ccccc2C[C@H]1C(=O)N1CCN(c2ncccn2)CC1. The molecule has 2 aliphatic rings. The summed E-state index contributed by atoms with van der Waals surface area (Å²) in [5.41, 5.74) is 1.91. The number of hydrogen-bond acceptors (Lipinski definition) is 5. The summed E-state index contributed by atoms with van der Waals surface area (Å²) < 4.78 is 0. The summed E-state index contributed by atoms with van der Waals surface area (Å²) in [5, 5.41) is 0. The van der Waals surface area contributed by atoms with Gasteiger partial charge in [-0.1, -0.05) is 18.2 Å². The smallest absolute Gasteiger partial charge is 0.246 e. The Morgan fingerprint density at radius 2 is 1.69 bits per heavy atom. The number of benzene rings is 1. The molecular formula is C19H21N5O2. The van der Waals surface area contributed by atoms with E-state index in [1.165, 1.54) is 6.92 Å². The number of piperazine rings is 1. The van der Waals surface area contributed by atoms with E-state index in [1.54, 1.807) is 23.4 Å². The normalized spacial score (nSPS) is 19.4. The quantitative estimate of drug-likeness (QED) is 0.810. The number of carbonyl (C=O) groups excluding carboxylic acids is 2. The van der Waals surface area contributed by atoms with Crippen LogP contribution >= 0.6 is 0 Å². The Labute approximate surface area is 152 Å². The number of fused-ring (bicyclic) bond motifs is 1. The molecule has 1 aromatic heterocycles. The van der Waals surface area contributed by atoms with Gasteiger partial charge in [-0.15, -0.1) is 0 Å². The minimum Gasteiger partial charge on any atom is -0.337 e. The summed E-state index contributed by atoms with van der Waals surface area (Å²) in [6, 6.07) is 9.10. The van der Waals surface area contributed by atoms with Gasteiger partial charge in [-0.2, -0.15) is 0 Å². The van der Waals surface area contributed by atoms with Crippen molar-refractivity contribution in [3.05, 3.63) is 48.3 Å². The highest BCUT2D eigenvalue weighted by molar-refractivity contribution is 6.02. The lowest BCUT2D eigenvalue weighted by atomic mass is 10.1. The zero-order chi connectivity index (χ0) is 18.1. The van der Waals surface area contributed by atoms with Gasteiger partial charge in [0.1, 0.15) is 6.04 Å². The molecule has 0 aliphatic carbocycles. The van der Waals surface area contributed by atoms with Crippen molar-refractivity contribution >= 4 is 23.5 Å². The lowest BCUT2D eigenvalue weighted by Crippen LogP contribution is -2.55. The first kappa shape index (κ1) is 16.5. The van der Waals surface area contributed by atoms with Gasteiger partial charge in [-0.25, -0.2) is 9.97 Å². The molecular weight excluding hydrogens is 330 g/mol. The average molecular weight is 351 g/mol. The highest BCUT2D eigenvalue weighted by Crippen LogP contribution is 2.33. The number of hydrogen-bond donors (Lipinski definition) is 0. The first-order valence-corrected chi connectivity index (χ1v) is 8.83. The van der Waals surface area contributed by atoms with Gasteiger partial charge in [0, 0.05) is 57.6 Å². The molecule has 7 heteroatoms. The van der Waals surface area contributed by atoms with E-state index in [1.807, 2.05) is 29.2 Å². The molecule has 0 spiro atoms. The molecule has 2 aromatic rings. The van der Waals surface area contributed by atoms with Crippen molar-refractivity contribution < 1.29 is 9.59 Å². The van der Waals surface area contributed by atoms with Crippen LogP contribution in [0, 0.1) is 0 Å². The number of rotatable bonds is 2. The summed E-state index contributed by atoms with van der Waals surface area (Å²) >= 11 is 0. The van der Waals surface area contributed by atoms with Gasteiger partial charge in [0.15, 0.2) is 0 Å². The van der Waals surface area contributed by atoms with E-state index in [0.29, 0.717) is 38.5 Å². The fraction of sp³-hybridized carbons (Fsp3) is 0.368. The highest BCUT2D eigenvalue weighted by Gasteiger charge is 2.39. The number of anilines is 2. The fourth-order valence-corrected chi connectivity index (χ4v) is 3.76. The summed E-state index contributed by atoms with van der Waals surface area (Å²) in [6.07, 6.45) is 4.03. The Balaban J connectivity index is 1.46. The third-order valence-corrected chi connectivity index (χ3v) is 5.03. The molecule has 1 saturated heterocycles. The number of nitrogens with zero attached hydrogens (tertiary/aromatic N) is 5. The molecule has 1 fully saturated rings. The number of amides is 2. The molecule has 1 atom stereocenters. The first-order valence-electron chi connectivity index (χ1n) is 8.83. The van der Waals surface area contributed by atoms with Crippen LogP contribution in [0.3, 0.4) is 0 Å². The van der Waals surface area contributed by atoms with Crippen LogP contribution in [0.1, 0.15) is 12.5 Å². The Kier molecular flexibility index (Phi) is 4.28. The lowest BCUT2D eigenvalue weighted by Gasteiger charge is -2.37. The molecule has 2 amide bonds. The van der Waals surface area contributed by atoms with Gasteiger partial charge in [-0.3, -0.25) is 14.5 Å². The minimum absolute atomic E-state index is 0.0185. The topological polar surface area (TPSA) is 69.6 Å². The maximum atomic E-state index is 13.1. The monoisotopic (exact) mass is 351 g/mol. The van der Waals surface area contributed by atoms with E-state index in [2.05, 4.69) is 14.9 Å². The maximum Gasteiger partial charge on any atom is 0.246 e. The molecule has 3 heterocycles. The molecule has 0 unspecified atom stereocenters. The molecule has 1 aromatic carbocycles. The summed E-state index contributed by atoms with van der Waals surface area (Å²) in [5.74, 6) is 0.618. The van der Waals surface area contributed by atoms with E-state index in [9.17, 15) is 9.59 Å². The maximum absolute atomic E-state index is 13.1. The van der Waals surface area contributed by atoms with Gasteiger partial charge in [-0.05, 0) is 17.7 Å². The third-order valence-electron chi connectivity index (χ3n) is 5.03. The van der Waals surface area contributed by atoms with Crippen LogP contribution in [0.15, 0.2) is 42.7 Å². The van der Waals surface area contributed by atoms with Crippen molar-refractivity contribution in [2.24, 2.45) is 0 Å². The summed E-state index contributed by atoms with van der Waals surface area (Å²) in [4.78, 5) is 39.4. The van der Waals surface area contributed by atoms with Gasteiger partial charge in [0.05, 0.1) is 0 Å². The van der Waals surface area contributed by atoms with Crippen LogP contribution in [-0.4, -0.2) is 58.9 Å². The van der Waals surface area contributed by atoms with Gasteiger partial charge in [0.2, 0.25) is 17.8 Å². The van der Waals surface area contributed by atoms with Crippen LogP contribution in [-0.2, 0) is 16.0 Å². The molecule has 134 valence electrons. The van der Waals surface area contributed by atoms with Crippen molar-refractivity contribution in [3.63, 3.8) is 0 Å². The van der Waals surface area contributed by atoms with E-state index in [-0.39, 0.29) is 11.8 Å². The summed E-state index contributed by atoms with van der Waals surface area (Å²) in [7, 11) is 0. The molecule has 2 aliphatic heterocycles. The van der Waals surface area contributed by atoms with Crippen LogP contribution in [0.4, 0.5) is 11.6 Å². The van der Waals surface area contributed by atoms with Gasteiger partial charge >= 0.3 is 0 Å². The van der Waals surface area contributed by atoms with Crippen molar-refractivity contribution in [1.29, 1.82) is 0 Å². The van der Waals surface area contributed by atoms with Crippen molar-refractivity contribution in [2.75, 3.05) is 36.0 Å². The summed E-state index contributed by atoms with van der Waals surface area (Å²) in [6.45, 7) is 4.11. The second kappa shape index (κ2) is 6.74. The third kappa shape index (κ3) is 2.89. The zero-order valence-corrected chi connectivity index (χ0v) is 14.7. The van der Waals surface area contributed by atoms with Crippen LogP contribution in [0.2, 0.25) is 0 Å². The molecule has 0 saturated carbocycles. The molecule has 7 nitrogen and oxygen atoms in total. The van der Waals surface area contributed by atoms with Crippen LogP contribution in [0.5, 0.6) is 0 Å². The average Bonchev–Trinajstić information content (AvgIpc) is 3.08. The van der Waals surface area contributed by atoms with Crippen LogP contribution in [0.25, 0.3) is 0 Å². The minimum atomic E-state index is -0.440. The fourth-order valence-electron chi connectivity index (χ4n) is 3.76. The largest absolute Gasteiger partial charge is 0.337 e. The standard InChI is InChI=1S/C19H21N5O2/c1-14(25)24-16-6-3-2-5-15(16)13-17(24)18(26)22-9-11-23(12-10-22)19-20-7-4-8-21-19/h2-8,17H,9-13H2,1H3/t17-/m0/s1. The zero-order valence-electron chi connectivity index (χ0n) is 14.7. The molecule has 0 radical (unpaired) electrons. The molecule has 0 bridgehead atoms. The Morgan fingerprint density at radius 1 is 1.00 bits per heavy atom. The van der Waals surface area contributed by atoms with Crippen molar-refractivity contribution in [3.8, 4) is 0 Å². The lowest BCUT2D eigenvalue weighted by molar-refractivity contribution is -0.134. The predicted octanol–water partition coefficient (Wildman–Crippen LogP) is 1.10. The Bertz CT molecular complexity index is 818. The molecule has 0 N–H and O–H groups in total. The van der Waals surface area contributed by atoms with E-state index in [4.69, 9.17) is 0 Å². The second-order valence-electron chi connectivity index (χ2n) is 6.60. The Morgan fingerprint density at radius 3 is 2.38 bits per heavy atom. The van der Waals surface area contributed by atoms with Crippen molar-refractivity contribution in [2.45, 2.75) is 19.4 Å². The van der Waals surface area contributed by atoms with E-state index in [0.717, 1.165) is 11.3 Å². The second-order valence-corrected chi connectivity index (χ2v) is 6.60. The first-order chi connectivity index (χ1) is 12.6. The van der Waals surface area contributed by atoms with Gasteiger partial charge in [0.25, 0.3) is 0 Å². The Hall–Kier alpha value is -2.96. The number of carbonyl (C=O) groups is 2. The van der Waals surface area contributed by atoms with Crippen LogP contribution < -0.4 is 9.80 Å². The number of aromatic nitrogens is 2. The van der Waals surface area contributed by atoms with E-state index >= 15 is 0 Å². The molecule has 26 heavy (non-hydrogen) atoms. The number of para-hydroxylation sites is 1. The molecule has 4 rings (SSSR count). The van der Waals surface area contributed by atoms with Gasteiger partial charge < -0.3 is 9.80 Å².